The third-order valence-corrected chi connectivity index (χ3v) is 3.41. The van der Waals surface area contributed by atoms with Crippen molar-refractivity contribution >= 4 is 22.9 Å². The lowest BCUT2D eigenvalue weighted by Gasteiger charge is -2.15. The summed E-state index contributed by atoms with van der Waals surface area (Å²) in [6.07, 6.45) is 2.27. The van der Waals surface area contributed by atoms with Gasteiger partial charge in [-0.1, -0.05) is 12.1 Å². The third kappa shape index (κ3) is 1.95. The van der Waals surface area contributed by atoms with Crippen molar-refractivity contribution in [1.29, 1.82) is 0 Å². The van der Waals surface area contributed by atoms with Crippen LogP contribution in [0.4, 0.5) is 0 Å². The van der Waals surface area contributed by atoms with Gasteiger partial charge in [0.15, 0.2) is 0 Å². The number of carboxylic acid groups (broad SMARTS) is 1. The van der Waals surface area contributed by atoms with Crippen LogP contribution in [-0.4, -0.2) is 44.5 Å². The van der Waals surface area contributed by atoms with Crippen molar-refractivity contribution in [3.63, 3.8) is 0 Å². The summed E-state index contributed by atoms with van der Waals surface area (Å²) < 4.78 is 1.83. The Morgan fingerprint density at radius 3 is 3.00 bits per heavy atom. The summed E-state index contributed by atoms with van der Waals surface area (Å²) in [5, 5.41) is 8.77. The van der Waals surface area contributed by atoms with E-state index in [9.17, 15) is 9.59 Å². The number of aromatic nitrogens is 2. The number of hydrogen-bond acceptors (Lipinski definition) is 3. The summed E-state index contributed by atoms with van der Waals surface area (Å²) in [4.78, 5) is 28.5. The first-order chi connectivity index (χ1) is 9.16. The molecule has 98 valence electrons. The fourth-order valence-electron chi connectivity index (χ4n) is 2.53. The maximum atomic E-state index is 12.2. The summed E-state index contributed by atoms with van der Waals surface area (Å²) in [5.74, 6) is -1.13. The number of likely N-dealkylation sites (tertiary alicyclic amines) is 1. The number of carbonyl (C=O) groups excluding carboxylic acids is 1. The average molecular weight is 259 g/mol. The number of nitrogens with zero attached hydrogens (tertiary/aromatic N) is 3. The summed E-state index contributed by atoms with van der Waals surface area (Å²) in [5.41, 5.74) is 1.74. The number of imidazole rings is 1. The number of fused-ring (bicyclic) bond motifs is 1. The van der Waals surface area contributed by atoms with Gasteiger partial charge in [0, 0.05) is 6.54 Å². The second-order valence-electron chi connectivity index (χ2n) is 4.60. The van der Waals surface area contributed by atoms with Crippen LogP contribution in [0.15, 0.2) is 30.6 Å². The van der Waals surface area contributed by atoms with Crippen LogP contribution < -0.4 is 0 Å². The zero-order chi connectivity index (χ0) is 13.4. The van der Waals surface area contributed by atoms with Gasteiger partial charge in [0.05, 0.1) is 17.4 Å². The first-order valence-electron chi connectivity index (χ1n) is 6.09. The van der Waals surface area contributed by atoms with Gasteiger partial charge in [-0.25, -0.2) is 4.98 Å². The standard InChI is InChI=1S/C13H13N3O3/c17-12(18)7-15-6-5-11(13(15)19)16-8-14-9-3-1-2-4-10(9)16/h1-4,8,11H,5-7H2,(H,17,18). The Morgan fingerprint density at radius 1 is 1.42 bits per heavy atom. The van der Waals surface area contributed by atoms with Gasteiger partial charge in [-0.2, -0.15) is 0 Å². The number of benzene rings is 1. The van der Waals surface area contributed by atoms with E-state index in [1.54, 1.807) is 6.33 Å². The summed E-state index contributed by atoms with van der Waals surface area (Å²) in [7, 11) is 0. The van der Waals surface area contributed by atoms with Crippen molar-refractivity contribution < 1.29 is 14.7 Å². The predicted molar refractivity (Wildman–Crippen MR) is 67.6 cm³/mol. The van der Waals surface area contributed by atoms with Crippen molar-refractivity contribution in [2.24, 2.45) is 0 Å². The first kappa shape index (κ1) is 11.7. The summed E-state index contributed by atoms with van der Waals surface area (Å²) in [6.45, 7) is 0.240. The molecule has 1 fully saturated rings. The molecular weight excluding hydrogens is 246 g/mol. The van der Waals surface area contributed by atoms with Crippen LogP contribution in [0.1, 0.15) is 12.5 Å². The summed E-state index contributed by atoms with van der Waals surface area (Å²) >= 11 is 0. The molecule has 1 aromatic heterocycles. The molecule has 6 nitrogen and oxygen atoms in total. The fourth-order valence-corrected chi connectivity index (χ4v) is 2.53. The topological polar surface area (TPSA) is 75.4 Å². The van der Waals surface area contributed by atoms with E-state index in [2.05, 4.69) is 4.98 Å². The molecule has 1 aliphatic heterocycles. The van der Waals surface area contributed by atoms with Crippen molar-refractivity contribution in [2.75, 3.05) is 13.1 Å². The highest BCUT2D eigenvalue weighted by Crippen LogP contribution is 2.26. The van der Waals surface area contributed by atoms with E-state index in [0.717, 1.165) is 11.0 Å². The number of aliphatic carboxylic acids is 1. The predicted octanol–water partition coefficient (Wildman–Crippen LogP) is 0.894. The minimum absolute atomic E-state index is 0.148. The number of para-hydroxylation sites is 2. The van der Waals surface area contributed by atoms with E-state index in [4.69, 9.17) is 5.11 Å². The lowest BCUT2D eigenvalue weighted by molar-refractivity contribution is -0.143. The molecule has 1 atom stereocenters. The van der Waals surface area contributed by atoms with Crippen molar-refractivity contribution in [1.82, 2.24) is 14.5 Å². The van der Waals surface area contributed by atoms with Gasteiger partial charge in [-0.15, -0.1) is 0 Å². The molecule has 2 heterocycles. The second-order valence-corrected chi connectivity index (χ2v) is 4.60. The molecule has 19 heavy (non-hydrogen) atoms. The number of rotatable bonds is 3. The molecule has 2 aromatic rings. The molecule has 0 aliphatic carbocycles. The molecule has 1 amide bonds. The Labute approximate surface area is 109 Å². The van der Waals surface area contributed by atoms with Gasteiger partial charge in [0.25, 0.3) is 0 Å². The fraction of sp³-hybridized carbons (Fsp3) is 0.308. The van der Waals surface area contributed by atoms with E-state index in [0.29, 0.717) is 13.0 Å². The SMILES string of the molecule is O=C(O)CN1CCC(n2cnc3ccccc32)C1=O. The number of carbonyl (C=O) groups is 2. The van der Waals surface area contributed by atoms with E-state index in [-0.39, 0.29) is 18.5 Å². The molecule has 1 saturated heterocycles. The van der Waals surface area contributed by atoms with Gasteiger partial charge in [0.2, 0.25) is 5.91 Å². The zero-order valence-corrected chi connectivity index (χ0v) is 10.2. The molecular formula is C13H13N3O3. The third-order valence-electron chi connectivity index (χ3n) is 3.41. The number of hydrogen-bond donors (Lipinski definition) is 1. The second kappa shape index (κ2) is 4.38. The van der Waals surface area contributed by atoms with Crippen LogP contribution in [0, 0.1) is 0 Å². The van der Waals surface area contributed by atoms with Gasteiger partial charge >= 0.3 is 5.97 Å². The molecule has 0 spiro atoms. The molecule has 1 N–H and O–H groups in total. The van der Waals surface area contributed by atoms with Crippen LogP contribution >= 0.6 is 0 Å². The quantitative estimate of drug-likeness (QED) is 0.888. The van der Waals surface area contributed by atoms with Crippen molar-refractivity contribution in [3.8, 4) is 0 Å². The molecule has 3 rings (SSSR count). The monoisotopic (exact) mass is 259 g/mol. The minimum Gasteiger partial charge on any atom is -0.480 e. The zero-order valence-electron chi connectivity index (χ0n) is 10.2. The molecule has 1 unspecified atom stereocenters. The van der Waals surface area contributed by atoms with Crippen LogP contribution in [0.3, 0.4) is 0 Å². The molecule has 6 heteroatoms. The van der Waals surface area contributed by atoms with Crippen LogP contribution in [0.5, 0.6) is 0 Å². The van der Waals surface area contributed by atoms with E-state index < -0.39 is 5.97 Å². The van der Waals surface area contributed by atoms with Crippen molar-refractivity contribution in [2.45, 2.75) is 12.5 Å². The Morgan fingerprint density at radius 2 is 2.21 bits per heavy atom. The molecule has 0 bridgehead atoms. The average Bonchev–Trinajstić information content (AvgIpc) is 2.94. The lowest BCUT2D eigenvalue weighted by Crippen LogP contribution is -2.33. The van der Waals surface area contributed by atoms with E-state index in [1.165, 1.54) is 4.90 Å². The van der Waals surface area contributed by atoms with Crippen LogP contribution in [0.25, 0.3) is 11.0 Å². The number of carboxylic acids is 1. The normalized spacial score (nSPS) is 19.3. The Balaban J connectivity index is 1.91. The minimum atomic E-state index is -0.982. The highest BCUT2D eigenvalue weighted by Gasteiger charge is 2.34. The Hall–Kier alpha value is -2.37. The van der Waals surface area contributed by atoms with Gasteiger partial charge < -0.3 is 14.6 Å². The lowest BCUT2D eigenvalue weighted by atomic mass is 10.2. The molecule has 0 radical (unpaired) electrons. The highest BCUT2D eigenvalue weighted by molar-refractivity contribution is 5.88. The molecule has 1 aromatic carbocycles. The first-order valence-corrected chi connectivity index (χ1v) is 6.09. The van der Waals surface area contributed by atoms with Crippen molar-refractivity contribution in [3.05, 3.63) is 30.6 Å². The maximum Gasteiger partial charge on any atom is 0.323 e. The number of amides is 1. The van der Waals surface area contributed by atoms with E-state index >= 15 is 0 Å². The van der Waals surface area contributed by atoms with Crippen LogP contribution in [0.2, 0.25) is 0 Å². The van der Waals surface area contributed by atoms with Gasteiger partial charge in [-0.05, 0) is 18.6 Å². The largest absolute Gasteiger partial charge is 0.480 e. The Bertz CT molecular complexity index is 649. The molecule has 0 saturated carbocycles. The summed E-state index contributed by atoms with van der Waals surface area (Å²) in [6, 6.07) is 7.25. The van der Waals surface area contributed by atoms with Crippen LogP contribution in [-0.2, 0) is 9.59 Å². The Kier molecular flexibility index (Phi) is 2.70. The molecule has 1 aliphatic rings. The highest BCUT2D eigenvalue weighted by atomic mass is 16.4. The van der Waals surface area contributed by atoms with Gasteiger partial charge in [0.1, 0.15) is 12.6 Å². The van der Waals surface area contributed by atoms with E-state index in [1.807, 2.05) is 28.8 Å². The maximum absolute atomic E-state index is 12.2. The van der Waals surface area contributed by atoms with Gasteiger partial charge in [-0.3, -0.25) is 9.59 Å². The smallest absolute Gasteiger partial charge is 0.323 e.